The van der Waals surface area contributed by atoms with Gasteiger partial charge in [0.15, 0.2) is 28.7 Å². The number of aliphatic imine (C=N–C) groups is 1. The number of nitrogens with zero attached hydrogens (tertiary/aromatic N) is 2. The van der Waals surface area contributed by atoms with E-state index >= 15 is 0 Å². The van der Waals surface area contributed by atoms with Gasteiger partial charge in [0, 0.05) is 67.3 Å². The van der Waals surface area contributed by atoms with Crippen molar-refractivity contribution in [3.63, 3.8) is 0 Å². The van der Waals surface area contributed by atoms with E-state index < -0.39 is 103 Å². The van der Waals surface area contributed by atoms with Crippen LogP contribution in [0.2, 0.25) is 0 Å². The highest BCUT2D eigenvalue weighted by molar-refractivity contribution is 5.98. The highest BCUT2D eigenvalue weighted by atomic mass is 16.8. The van der Waals surface area contributed by atoms with Gasteiger partial charge in [0.25, 0.3) is 0 Å². The number of hydrogen-bond acceptors (Lipinski definition) is 20. The maximum absolute atomic E-state index is 14.4. The largest absolute Gasteiger partial charge is 0.508 e. The van der Waals surface area contributed by atoms with E-state index in [1.165, 1.54) is 59.7 Å². The zero-order valence-electron chi connectivity index (χ0n) is 44.9. The molecule has 3 aliphatic heterocycles. The first-order valence-electron chi connectivity index (χ1n) is 26.8. The lowest BCUT2D eigenvalue weighted by atomic mass is 9.66. The predicted octanol–water partition coefficient (Wildman–Crippen LogP) is 0.195. The highest BCUT2D eigenvalue weighted by Crippen LogP contribution is 2.47. The van der Waals surface area contributed by atoms with Gasteiger partial charge < -0.3 is 95.8 Å². The summed E-state index contributed by atoms with van der Waals surface area (Å²) in [4.78, 5) is 67.0. The molecule has 6 aromatic rings. The number of H-pyrrole nitrogens is 1. The molecule has 9 rings (SSSR count). The number of carboxylic acid groups (broad SMARTS) is 1. The summed E-state index contributed by atoms with van der Waals surface area (Å²) in [5, 5.41) is 106. The highest BCUT2D eigenvalue weighted by Gasteiger charge is 2.75. The summed E-state index contributed by atoms with van der Waals surface area (Å²) in [5.74, 6) is -4.11. The molecule has 0 bridgehead atoms. The van der Waals surface area contributed by atoms with Crippen molar-refractivity contribution in [1.82, 2.24) is 31.0 Å². The number of aryl methyl sites for hydroxylation is 2. The van der Waals surface area contributed by atoms with Crippen LogP contribution in [0.1, 0.15) is 36.8 Å². The van der Waals surface area contributed by atoms with Gasteiger partial charge in [0.1, 0.15) is 41.9 Å². The van der Waals surface area contributed by atoms with Gasteiger partial charge in [-0.1, -0.05) is 41.5 Å². The van der Waals surface area contributed by atoms with Crippen molar-refractivity contribution in [3.8, 4) is 33.9 Å². The molecule has 0 aliphatic carbocycles. The number of piperidine rings is 1. The third-order valence-corrected chi connectivity index (χ3v) is 15.2. The number of aromatic amines is 1. The zero-order chi connectivity index (χ0) is 58.5. The first kappa shape index (κ1) is 58.9. The van der Waals surface area contributed by atoms with Gasteiger partial charge in [0.05, 0.1) is 41.9 Å². The van der Waals surface area contributed by atoms with Crippen molar-refractivity contribution in [2.45, 2.75) is 99.2 Å². The van der Waals surface area contributed by atoms with E-state index in [2.05, 4.69) is 31.2 Å². The smallest absolute Gasteiger partial charge is 0.337 e. The summed E-state index contributed by atoms with van der Waals surface area (Å²) < 4.78 is 26.4. The van der Waals surface area contributed by atoms with E-state index in [-0.39, 0.29) is 65.9 Å². The number of aromatic hydroxyl groups is 1. The number of guanidine groups is 1. The minimum Gasteiger partial charge on any atom is -0.508 e. The molecule has 0 amide bonds. The molecule has 3 aromatic heterocycles. The number of nitrogens with two attached hydrogens (primary N) is 1. The molecule has 2 fully saturated rings. The number of aliphatic hydroxyl groups excluding tert-OH is 4. The third kappa shape index (κ3) is 11.7. The number of aliphatic hydroxyl groups is 6. The second-order valence-corrected chi connectivity index (χ2v) is 20.9. The third-order valence-electron chi connectivity index (χ3n) is 15.2. The molecular formula is C57H68N8O17. The number of carbonyl (C=O) groups is 3. The van der Waals surface area contributed by atoms with Crippen molar-refractivity contribution in [2.75, 3.05) is 46.0 Å². The first-order chi connectivity index (χ1) is 39.4. The number of aldehydes is 1. The summed E-state index contributed by atoms with van der Waals surface area (Å²) in [6, 6.07) is 14.6. The Morgan fingerprint density at radius 1 is 1.04 bits per heavy atom. The minimum atomic E-state index is -3.45. The fourth-order valence-electron chi connectivity index (χ4n) is 11.2. The minimum absolute atomic E-state index is 0.0271. The average molecular weight is 1140 g/mol. The Hall–Kier alpha value is -7.69. The lowest BCUT2D eigenvalue weighted by Gasteiger charge is -2.59. The zero-order valence-corrected chi connectivity index (χ0v) is 44.9. The Balaban J connectivity index is 1.22. The molecule has 438 valence electrons. The molecular weight excluding hydrogens is 1070 g/mol. The molecule has 11 atom stereocenters. The van der Waals surface area contributed by atoms with Gasteiger partial charge in [-0.15, -0.1) is 0 Å². The summed E-state index contributed by atoms with van der Waals surface area (Å²) in [7, 11) is 0. The molecule has 25 heteroatoms. The predicted molar refractivity (Wildman–Crippen MR) is 296 cm³/mol. The second kappa shape index (κ2) is 24.8. The van der Waals surface area contributed by atoms with Crippen LogP contribution in [-0.4, -0.2) is 180 Å². The van der Waals surface area contributed by atoms with Gasteiger partial charge in [-0.3, -0.25) is 15.1 Å². The number of hydrogen-bond donors (Lipinski definition) is 14. The number of carboxylic acids is 1. The number of esters is 1. The van der Waals surface area contributed by atoms with Crippen molar-refractivity contribution >= 4 is 46.1 Å². The number of ether oxygens (including phenoxy) is 3. The molecule has 0 saturated carbocycles. The van der Waals surface area contributed by atoms with E-state index in [1.807, 2.05) is 44.2 Å². The monoisotopic (exact) mass is 1140 g/mol. The average Bonchev–Trinajstić information content (AvgIpc) is 1.05. The van der Waals surface area contributed by atoms with Gasteiger partial charge in [-0.25, -0.2) is 9.59 Å². The lowest BCUT2D eigenvalue weighted by molar-refractivity contribution is -0.400. The summed E-state index contributed by atoms with van der Waals surface area (Å²) in [6.07, 6.45) is -0.764. The van der Waals surface area contributed by atoms with Crippen molar-refractivity contribution in [3.05, 3.63) is 119 Å². The van der Waals surface area contributed by atoms with Crippen LogP contribution < -0.4 is 42.0 Å². The summed E-state index contributed by atoms with van der Waals surface area (Å²) in [5.41, 5.74) is -0.0789. The molecule has 0 radical (unpaired) electrons. The maximum Gasteiger partial charge on any atom is 0.337 e. The topological polar surface area (TPSA) is 387 Å². The van der Waals surface area contributed by atoms with Crippen LogP contribution in [-0.2, 0) is 23.9 Å². The number of phenolic OH excluding ortho intramolecular Hbond substituents is 1. The molecule has 6 heterocycles. The van der Waals surface area contributed by atoms with Crippen LogP contribution in [0.15, 0.2) is 112 Å². The Morgan fingerprint density at radius 2 is 1.80 bits per heavy atom. The Morgan fingerprint density at radius 3 is 2.51 bits per heavy atom. The van der Waals surface area contributed by atoms with Crippen LogP contribution in [0.25, 0.3) is 44.3 Å². The molecule has 3 aromatic carbocycles. The van der Waals surface area contributed by atoms with E-state index in [1.54, 1.807) is 12.3 Å². The molecule has 3 aliphatic rings. The van der Waals surface area contributed by atoms with Crippen molar-refractivity contribution in [1.29, 1.82) is 0 Å². The Kier molecular flexibility index (Phi) is 17.8. The summed E-state index contributed by atoms with van der Waals surface area (Å²) in [6.45, 7) is 1.16. The molecule has 2 saturated heterocycles. The molecule has 0 unspecified atom stereocenters. The lowest BCUT2D eigenvalue weighted by Crippen LogP contribution is -2.86. The van der Waals surface area contributed by atoms with Crippen LogP contribution in [0.5, 0.6) is 11.5 Å². The number of fused-ring (bicyclic) bond motifs is 3. The molecule has 15 N–H and O–H groups in total. The molecule has 0 spiro atoms. The number of aromatic nitrogens is 2. The molecule has 25 nitrogen and oxygen atoms in total. The number of nitrogens with one attached hydrogen (secondary N) is 5. The fraction of sp³-hybridized carbons (Fsp3) is 0.421. The van der Waals surface area contributed by atoms with Gasteiger partial charge in [-0.2, -0.15) is 4.73 Å². The molecule has 82 heavy (non-hydrogen) atoms. The quantitative estimate of drug-likeness (QED) is 0.00595. The van der Waals surface area contributed by atoms with Crippen LogP contribution in [0.3, 0.4) is 0 Å². The van der Waals surface area contributed by atoms with Crippen molar-refractivity contribution in [2.24, 2.45) is 16.6 Å². The Bertz CT molecular complexity index is 3360. The van der Waals surface area contributed by atoms with E-state index in [0.717, 1.165) is 30.6 Å². The van der Waals surface area contributed by atoms with Crippen LogP contribution >= 0.6 is 0 Å². The first-order valence-corrected chi connectivity index (χ1v) is 26.8. The number of carbonyl (C=O) groups excluding carboxylic acids is 2. The van der Waals surface area contributed by atoms with Gasteiger partial charge in [0.2, 0.25) is 24.2 Å². The number of aliphatic carboxylic acids is 1. The van der Waals surface area contributed by atoms with Crippen molar-refractivity contribution < 1.29 is 78.7 Å². The SMILES string of the molecule is Cc1cc(C)cc(-c2c3[nH]ccc3cn2O[C@@H]2[C@@H](Oc3ccc4c(=O)c(-c5ccc(O)cc5)coc4c3)O[C@@H]([C@](CO)(NC(N)=NC[C@H]3C=C[C@H]4CNCC[C@@H]4N3)OC(=O)[C@H](NCCC=O)C(=O)O)[C@@](O)(CO)[C@]2(O)[C@H](O)CCCO)c1. The number of phenols is 1. The maximum atomic E-state index is 14.4. The number of rotatable bonds is 23. The van der Waals surface area contributed by atoms with Gasteiger partial charge in [-0.05, 0) is 87.7 Å². The Labute approximate surface area is 468 Å². The normalized spacial score (nSPS) is 25.2. The standard InChI is InChI=1S/C57H68N8O17/c1-31-21-32(2)23-36(22-31)47-45-35(14-18-61-45)27-65(47)82-49-52(79-39-12-13-40-43(24-39)78-28-41(48(40)72)33-7-10-38(70)11-8-33)80-53(55(76,29-68)57(49,77)44(71)5-3-19-66)56(30-69,81-51(75)46(50(73)74)60-16-4-20-67)64-54(58)62-26-37-9-6-34-25-59-17-15-42(34)63-37/h6-14,18,20-24,27-28,34,37,42,44,46,49,52-53,59-61,63,66,68-71,76-77H,3-5,15-17,19,25-26,29-30H2,1-2H3,(H,73,74)(H3,58,62,64)/t34-,37+,42-,44+,46+,49+,52-,53+,55-,56+,57-/m0/s1. The van der Waals surface area contributed by atoms with E-state index in [9.17, 15) is 60.0 Å². The van der Waals surface area contributed by atoms with E-state index in [4.69, 9.17) is 29.2 Å². The van der Waals surface area contributed by atoms with Gasteiger partial charge >= 0.3 is 11.9 Å². The van der Waals surface area contributed by atoms with Crippen LogP contribution in [0, 0.1) is 19.8 Å². The second-order valence-electron chi connectivity index (χ2n) is 20.9. The summed E-state index contributed by atoms with van der Waals surface area (Å²) >= 11 is 0. The fourth-order valence-corrected chi connectivity index (χ4v) is 11.2. The van der Waals surface area contributed by atoms with Crippen LogP contribution in [0.4, 0.5) is 0 Å². The number of benzene rings is 3. The van der Waals surface area contributed by atoms with E-state index in [0.29, 0.717) is 34.0 Å².